The van der Waals surface area contributed by atoms with E-state index in [9.17, 15) is 9.59 Å². The normalized spacial score (nSPS) is 16.6. The molecule has 7 heteroatoms. The van der Waals surface area contributed by atoms with E-state index >= 15 is 0 Å². The molecule has 1 saturated heterocycles. The Hall–Kier alpha value is -2.67. The van der Waals surface area contributed by atoms with Crippen LogP contribution in [0.2, 0.25) is 0 Å². The molecule has 2 aromatic rings. The predicted molar refractivity (Wildman–Crippen MR) is 92.4 cm³/mol. The van der Waals surface area contributed by atoms with Gasteiger partial charge >= 0.3 is 0 Å². The smallest absolute Gasteiger partial charge is 0.275 e. The molecule has 3 rings (SSSR count). The number of amides is 1. The number of aromatic nitrogens is 2. The largest absolute Gasteiger partial charge is 0.494 e. The summed E-state index contributed by atoms with van der Waals surface area (Å²) in [5.41, 5.74) is 1.36. The van der Waals surface area contributed by atoms with Crippen LogP contribution in [0.15, 0.2) is 35.1 Å². The number of hydrogen-bond donors (Lipinski definition) is 1. The maximum atomic E-state index is 12.5. The first-order valence-electron chi connectivity index (χ1n) is 8.23. The Morgan fingerprint density at radius 3 is 2.80 bits per heavy atom. The Morgan fingerprint density at radius 2 is 2.16 bits per heavy atom. The molecule has 25 heavy (non-hydrogen) atoms. The lowest BCUT2D eigenvalue weighted by atomic mass is 10.2. The second kappa shape index (κ2) is 7.48. The number of nitrogens with zero attached hydrogens (tertiary/aromatic N) is 2. The van der Waals surface area contributed by atoms with Crippen LogP contribution >= 0.6 is 0 Å². The van der Waals surface area contributed by atoms with Gasteiger partial charge in [-0.15, -0.1) is 0 Å². The van der Waals surface area contributed by atoms with Crippen molar-refractivity contribution in [1.29, 1.82) is 0 Å². The van der Waals surface area contributed by atoms with Crippen molar-refractivity contribution in [3.8, 4) is 11.4 Å². The monoisotopic (exact) mass is 343 g/mol. The van der Waals surface area contributed by atoms with Crippen LogP contribution in [0.5, 0.6) is 5.75 Å². The summed E-state index contributed by atoms with van der Waals surface area (Å²) in [5, 5.41) is 7.02. The molecule has 0 spiro atoms. The van der Waals surface area contributed by atoms with E-state index in [-0.39, 0.29) is 23.1 Å². The topological polar surface area (TPSA) is 82.5 Å². The molecular weight excluding hydrogens is 322 g/mol. The van der Waals surface area contributed by atoms with E-state index in [1.165, 1.54) is 17.9 Å². The van der Waals surface area contributed by atoms with Crippen molar-refractivity contribution in [2.24, 2.45) is 0 Å². The van der Waals surface area contributed by atoms with Crippen LogP contribution in [0.1, 0.15) is 28.9 Å². The Balaban J connectivity index is 1.88. The highest BCUT2D eigenvalue weighted by atomic mass is 16.5. The summed E-state index contributed by atoms with van der Waals surface area (Å²) >= 11 is 0. The molecule has 1 atom stereocenters. The van der Waals surface area contributed by atoms with Gasteiger partial charge in [0.1, 0.15) is 0 Å². The van der Waals surface area contributed by atoms with Gasteiger partial charge in [-0.1, -0.05) is 17.7 Å². The van der Waals surface area contributed by atoms with Crippen LogP contribution in [-0.2, 0) is 4.74 Å². The minimum absolute atomic E-state index is 0.0259. The fraction of sp³-hybridized carbons (Fsp3) is 0.389. The first-order valence-corrected chi connectivity index (χ1v) is 8.23. The molecular formula is C18H21N3O4. The van der Waals surface area contributed by atoms with E-state index in [4.69, 9.17) is 9.47 Å². The maximum absolute atomic E-state index is 12.5. The van der Waals surface area contributed by atoms with Crippen LogP contribution in [0.3, 0.4) is 0 Å². The van der Waals surface area contributed by atoms with Gasteiger partial charge in [0.25, 0.3) is 11.5 Å². The summed E-state index contributed by atoms with van der Waals surface area (Å²) < 4.78 is 11.9. The lowest BCUT2D eigenvalue weighted by molar-refractivity contribution is 0.0849. The van der Waals surface area contributed by atoms with Gasteiger partial charge < -0.3 is 14.8 Å². The number of rotatable bonds is 5. The first kappa shape index (κ1) is 17.2. The van der Waals surface area contributed by atoms with Crippen molar-refractivity contribution in [1.82, 2.24) is 15.1 Å². The van der Waals surface area contributed by atoms with Gasteiger partial charge in [-0.25, -0.2) is 0 Å². The number of hydrogen-bond acceptors (Lipinski definition) is 5. The lowest BCUT2D eigenvalue weighted by Crippen LogP contribution is -2.34. The number of methoxy groups -OCH3 is 1. The molecule has 0 unspecified atom stereocenters. The molecule has 132 valence electrons. The molecule has 1 aromatic carbocycles. The molecule has 0 bridgehead atoms. The van der Waals surface area contributed by atoms with E-state index in [0.717, 1.165) is 25.0 Å². The highest BCUT2D eigenvalue weighted by Crippen LogP contribution is 2.15. The van der Waals surface area contributed by atoms with Gasteiger partial charge in [0.2, 0.25) is 0 Å². The van der Waals surface area contributed by atoms with Gasteiger partial charge in [0, 0.05) is 13.2 Å². The molecule has 1 fully saturated rings. The van der Waals surface area contributed by atoms with Crippen molar-refractivity contribution in [2.45, 2.75) is 25.9 Å². The Labute approximate surface area is 145 Å². The molecule has 1 aliphatic heterocycles. The zero-order valence-electron chi connectivity index (χ0n) is 14.3. The highest BCUT2D eigenvalue weighted by Gasteiger charge is 2.21. The van der Waals surface area contributed by atoms with Crippen molar-refractivity contribution in [3.05, 3.63) is 51.9 Å². The number of benzene rings is 1. The third-order valence-electron chi connectivity index (χ3n) is 4.12. The summed E-state index contributed by atoms with van der Waals surface area (Å²) in [7, 11) is 1.41. The van der Waals surface area contributed by atoms with Crippen molar-refractivity contribution < 1.29 is 14.3 Å². The molecule has 0 radical (unpaired) electrons. The molecule has 1 amide bonds. The number of aryl methyl sites for hydroxylation is 1. The van der Waals surface area contributed by atoms with Gasteiger partial charge in [0.15, 0.2) is 11.4 Å². The van der Waals surface area contributed by atoms with E-state index in [0.29, 0.717) is 12.2 Å². The average molecular weight is 343 g/mol. The van der Waals surface area contributed by atoms with Crippen LogP contribution < -0.4 is 15.6 Å². The zero-order chi connectivity index (χ0) is 17.8. The molecule has 1 N–H and O–H groups in total. The maximum Gasteiger partial charge on any atom is 0.275 e. The highest BCUT2D eigenvalue weighted by molar-refractivity contribution is 5.94. The van der Waals surface area contributed by atoms with Gasteiger partial charge in [0.05, 0.1) is 25.0 Å². The first-order chi connectivity index (χ1) is 12.1. The Kier molecular flexibility index (Phi) is 5.14. The van der Waals surface area contributed by atoms with E-state index in [1.54, 1.807) is 12.1 Å². The van der Waals surface area contributed by atoms with Crippen LogP contribution in [-0.4, -0.2) is 42.1 Å². The van der Waals surface area contributed by atoms with Crippen molar-refractivity contribution >= 4 is 5.91 Å². The molecule has 1 aliphatic rings. The second-order valence-corrected chi connectivity index (χ2v) is 5.99. The number of carbonyl (C=O) groups excluding carboxylic acids is 1. The average Bonchev–Trinajstić information content (AvgIpc) is 3.14. The lowest BCUT2D eigenvalue weighted by Gasteiger charge is -2.13. The number of carbonyl (C=O) groups is 1. The van der Waals surface area contributed by atoms with Crippen LogP contribution in [0.4, 0.5) is 0 Å². The zero-order valence-corrected chi connectivity index (χ0v) is 14.3. The standard InChI is InChI=1S/C18H21N3O4/c1-12-5-7-13(8-6-12)21-16(22)10-15(24-2)17(20-21)18(23)19-11-14-4-3-9-25-14/h5-8,10,14H,3-4,9,11H2,1-2H3,(H,19,23)/t14-/m0/s1. The third-order valence-corrected chi connectivity index (χ3v) is 4.12. The second-order valence-electron chi connectivity index (χ2n) is 5.99. The summed E-state index contributed by atoms with van der Waals surface area (Å²) in [6.45, 7) is 3.09. The van der Waals surface area contributed by atoms with Gasteiger partial charge in [-0.3, -0.25) is 9.59 Å². The molecule has 0 aliphatic carbocycles. The molecule has 0 saturated carbocycles. The molecule has 7 nitrogen and oxygen atoms in total. The fourth-order valence-electron chi connectivity index (χ4n) is 2.72. The van der Waals surface area contributed by atoms with Crippen molar-refractivity contribution in [3.63, 3.8) is 0 Å². The van der Waals surface area contributed by atoms with Gasteiger partial charge in [-0.2, -0.15) is 9.78 Å². The molecule has 1 aromatic heterocycles. The third kappa shape index (κ3) is 3.88. The van der Waals surface area contributed by atoms with E-state index in [1.807, 2.05) is 19.1 Å². The summed E-state index contributed by atoms with van der Waals surface area (Å²) in [5.74, 6) is -0.244. The SMILES string of the molecule is COc1cc(=O)n(-c2ccc(C)cc2)nc1C(=O)NC[C@@H]1CCCO1. The summed E-state index contributed by atoms with van der Waals surface area (Å²) in [4.78, 5) is 24.8. The molecule has 2 heterocycles. The fourth-order valence-corrected chi connectivity index (χ4v) is 2.72. The quantitative estimate of drug-likeness (QED) is 0.889. The summed E-state index contributed by atoms with van der Waals surface area (Å²) in [6.07, 6.45) is 1.95. The van der Waals surface area contributed by atoms with Gasteiger partial charge in [-0.05, 0) is 31.9 Å². The minimum Gasteiger partial charge on any atom is -0.494 e. The number of nitrogens with one attached hydrogen (secondary N) is 1. The Bertz CT molecular complexity index is 808. The Morgan fingerprint density at radius 1 is 1.40 bits per heavy atom. The van der Waals surface area contributed by atoms with Crippen LogP contribution in [0.25, 0.3) is 5.69 Å². The van der Waals surface area contributed by atoms with Crippen LogP contribution in [0, 0.1) is 6.92 Å². The number of ether oxygens (including phenoxy) is 2. The van der Waals surface area contributed by atoms with Crippen molar-refractivity contribution in [2.75, 3.05) is 20.3 Å². The minimum atomic E-state index is -0.395. The predicted octanol–water partition coefficient (Wildman–Crippen LogP) is 1.46. The summed E-state index contributed by atoms with van der Waals surface area (Å²) in [6, 6.07) is 8.60. The van der Waals surface area contributed by atoms with E-state index in [2.05, 4.69) is 10.4 Å². The van der Waals surface area contributed by atoms with E-state index < -0.39 is 5.91 Å².